The van der Waals surface area contributed by atoms with Gasteiger partial charge in [-0.2, -0.15) is 0 Å². The molecule has 0 aliphatic heterocycles. The normalized spacial score (nSPS) is 16.9. The van der Waals surface area contributed by atoms with Gasteiger partial charge >= 0.3 is 0 Å². The third-order valence-electron chi connectivity index (χ3n) is 2.84. The van der Waals surface area contributed by atoms with Crippen LogP contribution in [0.5, 0.6) is 0 Å². The average molecular weight is 198 g/mol. The van der Waals surface area contributed by atoms with Crippen molar-refractivity contribution in [2.75, 3.05) is 20.1 Å². The van der Waals surface area contributed by atoms with Gasteiger partial charge < -0.3 is 10.2 Å². The van der Waals surface area contributed by atoms with E-state index in [0.29, 0.717) is 12.6 Å². The Balaban J connectivity index is 2.14. The molecule has 1 aliphatic carbocycles. The summed E-state index contributed by atoms with van der Waals surface area (Å²) in [4.78, 5) is 13.4. The van der Waals surface area contributed by atoms with E-state index in [1.807, 2.05) is 11.9 Å². The molecule has 0 unspecified atom stereocenters. The maximum atomic E-state index is 11.6. The van der Waals surface area contributed by atoms with Crippen LogP contribution >= 0.6 is 0 Å². The van der Waals surface area contributed by atoms with Gasteiger partial charge in [-0.15, -0.1) is 0 Å². The second-order valence-electron chi connectivity index (χ2n) is 4.61. The van der Waals surface area contributed by atoms with E-state index in [2.05, 4.69) is 19.2 Å². The number of carbonyl (C=O) groups is 1. The number of nitrogens with one attached hydrogen (secondary N) is 1. The molecule has 14 heavy (non-hydrogen) atoms. The number of rotatable bonds is 5. The Morgan fingerprint density at radius 1 is 1.50 bits per heavy atom. The van der Waals surface area contributed by atoms with Gasteiger partial charge in [-0.3, -0.25) is 4.79 Å². The van der Waals surface area contributed by atoms with Crippen LogP contribution < -0.4 is 5.32 Å². The van der Waals surface area contributed by atoms with Gasteiger partial charge in [0.1, 0.15) is 0 Å². The van der Waals surface area contributed by atoms with Crippen molar-refractivity contribution < 1.29 is 4.79 Å². The van der Waals surface area contributed by atoms with E-state index in [0.717, 1.165) is 12.5 Å². The zero-order valence-corrected chi connectivity index (χ0v) is 9.55. The Kier molecular flexibility index (Phi) is 4.39. The van der Waals surface area contributed by atoms with Crippen molar-refractivity contribution in [2.24, 2.45) is 5.92 Å². The van der Waals surface area contributed by atoms with Crippen LogP contribution in [0.25, 0.3) is 0 Å². The molecule has 0 saturated heterocycles. The highest BCUT2D eigenvalue weighted by Gasteiger charge is 2.21. The van der Waals surface area contributed by atoms with Crippen LogP contribution in [0.3, 0.4) is 0 Å². The predicted molar refractivity (Wildman–Crippen MR) is 58.1 cm³/mol. The van der Waals surface area contributed by atoms with Crippen molar-refractivity contribution in [3.63, 3.8) is 0 Å². The zero-order chi connectivity index (χ0) is 10.6. The fraction of sp³-hybridized carbons (Fsp3) is 0.909. The Hall–Kier alpha value is -0.570. The number of amides is 1. The SMILES string of the molecule is CC(C)NCC(=O)N(C)CC1CCC1. The van der Waals surface area contributed by atoms with E-state index in [9.17, 15) is 4.79 Å². The molecule has 1 N–H and O–H groups in total. The molecule has 0 atom stereocenters. The van der Waals surface area contributed by atoms with Gasteiger partial charge in [-0.05, 0) is 18.8 Å². The van der Waals surface area contributed by atoms with Crippen molar-refractivity contribution >= 4 is 5.91 Å². The summed E-state index contributed by atoms with van der Waals surface area (Å²) in [7, 11) is 1.91. The third kappa shape index (κ3) is 3.66. The number of hydrogen-bond acceptors (Lipinski definition) is 2. The molecule has 0 heterocycles. The molecular formula is C11H22N2O. The minimum Gasteiger partial charge on any atom is -0.344 e. The van der Waals surface area contributed by atoms with Crippen molar-refractivity contribution in [1.29, 1.82) is 0 Å². The van der Waals surface area contributed by atoms with Crippen LogP contribution in [-0.2, 0) is 4.79 Å². The first kappa shape index (κ1) is 11.5. The lowest BCUT2D eigenvalue weighted by Gasteiger charge is -2.30. The fourth-order valence-corrected chi connectivity index (χ4v) is 1.59. The lowest BCUT2D eigenvalue weighted by molar-refractivity contribution is -0.130. The highest BCUT2D eigenvalue weighted by atomic mass is 16.2. The Bertz CT molecular complexity index is 188. The molecule has 82 valence electrons. The Labute approximate surface area is 86.9 Å². The summed E-state index contributed by atoms with van der Waals surface area (Å²) in [5.41, 5.74) is 0. The minimum atomic E-state index is 0.214. The summed E-state index contributed by atoms with van der Waals surface area (Å²) in [5, 5.41) is 3.14. The van der Waals surface area contributed by atoms with E-state index in [1.54, 1.807) is 0 Å². The molecule has 0 aromatic carbocycles. The molecule has 0 aromatic rings. The van der Waals surface area contributed by atoms with Gasteiger partial charge in [-0.1, -0.05) is 20.3 Å². The molecule has 0 aromatic heterocycles. The second-order valence-corrected chi connectivity index (χ2v) is 4.61. The highest BCUT2D eigenvalue weighted by Crippen LogP contribution is 2.26. The lowest BCUT2D eigenvalue weighted by Crippen LogP contribution is -2.41. The fourth-order valence-electron chi connectivity index (χ4n) is 1.59. The van der Waals surface area contributed by atoms with Crippen molar-refractivity contribution in [1.82, 2.24) is 10.2 Å². The minimum absolute atomic E-state index is 0.214. The van der Waals surface area contributed by atoms with Gasteiger partial charge in [0.05, 0.1) is 6.54 Å². The van der Waals surface area contributed by atoms with E-state index in [1.165, 1.54) is 19.3 Å². The number of likely N-dealkylation sites (N-methyl/N-ethyl adjacent to an activating group) is 1. The monoisotopic (exact) mass is 198 g/mol. The summed E-state index contributed by atoms with van der Waals surface area (Å²) in [6.45, 7) is 5.53. The van der Waals surface area contributed by atoms with Gasteiger partial charge in [-0.25, -0.2) is 0 Å². The van der Waals surface area contributed by atoms with Crippen LogP contribution in [0.2, 0.25) is 0 Å². The van der Waals surface area contributed by atoms with Crippen molar-refractivity contribution in [3.05, 3.63) is 0 Å². The molecule has 1 amide bonds. The molecule has 1 aliphatic rings. The van der Waals surface area contributed by atoms with E-state index in [-0.39, 0.29) is 5.91 Å². The van der Waals surface area contributed by atoms with Crippen LogP contribution in [0.1, 0.15) is 33.1 Å². The van der Waals surface area contributed by atoms with Crippen molar-refractivity contribution in [3.8, 4) is 0 Å². The maximum absolute atomic E-state index is 11.6. The topological polar surface area (TPSA) is 32.3 Å². The van der Waals surface area contributed by atoms with Crippen molar-refractivity contribution in [2.45, 2.75) is 39.2 Å². The first-order valence-electron chi connectivity index (χ1n) is 5.57. The molecule has 0 bridgehead atoms. The largest absolute Gasteiger partial charge is 0.344 e. The Morgan fingerprint density at radius 2 is 2.14 bits per heavy atom. The second kappa shape index (κ2) is 5.35. The summed E-state index contributed by atoms with van der Waals surface area (Å²) in [6.07, 6.45) is 3.95. The average Bonchev–Trinajstić information content (AvgIpc) is 2.06. The zero-order valence-electron chi connectivity index (χ0n) is 9.55. The van der Waals surface area contributed by atoms with Crippen LogP contribution in [0, 0.1) is 5.92 Å². The smallest absolute Gasteiger partial charge is 0.236 e. The third-order valence-corrected chi connectivity index (χ3v) is 2.84. The first-order valence-corrected chi connectivity index (χ1v) is 5.57. The van der Waals surface area contributed by atoms with Gasteiger partial charge in [0.25, 0.3) is 0 Å². The molecule has 1 saturated carbocycles. The van der Waals surface area contributed by atoms with Gasteiger partial charge in [0.15, 0.2) is 0 Å². The molecule has 3 nitrogen and oxygen atoms in total. The molecule has 3 heteroatoms. The molecule has 0 spiro atoms. The van der Waals surface area contributed by atoms with E-state index >= 15 is 0 Å². The predicted octanol–water partition coefficient (Wildman–Crippen LogP) is 1.24. The highest BCUT2D eigenvalue weighted by molar-refractivity contribution is 5.77. The van der Waals surface area contributed by atoms with Crippen LogP contribution in [0.4, 0.5) is 0 Å². The van der Waals surface area contributed by atoms with E-state index in [4.69, 9.17) is 0 Å². The number of nitrogens with zero attached hydrogens (tertiary/aromatic N) is 1. The number of hydrogen-bond donors (Lipinski definition) is 1. The number of carbonyl (C=O) groups excluding carboxylic acids is 1. The van der Waals surface area contributed by atoms with Gasteiger partial charge in [0.2, 0.25) is 5.91 Å². The van der Waals surface area contributed by atoms with Gasteiger partial charge in [0, 0.05) is 19.6 Å². The summed E-state index contributed by atoms with van der Waals surface area (Å²) >= 11 is 0. The molecular weight excluding hydrogens is 176 g/mol. The summed E-state index contributed by atoms with van der Waals surface area (Å²) in [6, 6.07) is 0.385. The Morgan fingerprint density at radius 3 is 2.57 bits per heavy atom. The molecule has 0 radical (unpaired) electrons. The first-order chi connectivity index (χ1) is 6.59. The lowest BCUT2D eigenvalue weighted by atomic mass is 9.85. The van der Waals surface area contributed by atoms with Crippen LogP contribution in [0.15, 0.2) is 0 Å². The molecule has 1 fully saturated rings. The van der Waals surface area contributed by atoms with E-state index < -0.39 is 0 Å². The van der Waals surface area contributed by atoms with Crippen LogP contribution in [-0.4, -0.2) is 37.0 Å². The standard InChI is InChI=1S/C11H22N2O/c1-9(2)12-7-11(14)13(3)8-10-5-4-6-10/h9-10,12H,4-8H2,1-3H3. The summed E-state index contributed by atoms with van der Waals surface area (Å²) < 4.78 is 0. The maximum Gasteiger partial charge on any atom is 0.236 e. The summed E-state index contributed by atoms with van der Waals surface area (Å²) in [5.74, 6) is 0.980. The molecule has 1 rings (SSSR count). The quantitative estimate of drug-likeness (QED) is 0.721.